The third-order valence-corrected chi connectivity index (χ3v) is 3.15. The number of rotatable bonds is 4. The standard InChI is InChI=1S/C18H15NO2/c20-18(19-16-8-2-1-3-9-16)13-21-17-11-10-14-6-4-5-7-15(14)12-17/h1-12H,13H2,(H,19,20). The molecule has 0 spiro atoms. The molecule has 0 atom stereocenters. The smallest absolute Gasteiger partial charge is 0.262 e. The first-order chi connectivity index (χ1) is 10.3. The molecule has 0 radical (unpaired) electrons. The van der Waals surface area contributed by atoms with E-state index in [1.165, 1.54) is 0 Å². The summed E-state index contributed by atoms with van der Waals surface area (Å²) in [6, 6.07) is 23.2. The highest BCUT2D eigenvalue weighted by atomic mass is 16.5. The van der Waals surface area contributed by atoms with Crippen molar-refractivity contribution in [3.63, 3.8) is 0 Å². The van der Waals surface area contributed by atoms with Crippen LogP contribution in [0.4, 0.5) is 5.69 Å². The third kappa shape index (κ3) is 3.39. The van der Waals surface area contributed by atoms with Crippen LogP contribution in [0.3, 0.4) is 0 Å². The van der Waals surface area contributed by atoms with Crippen LogP contribution >= 0.6 is 0 Å². The fourth-order valence-electron chi connectivity index (χ4n) is 2.12. The Morgan fingerprint density at radius 1 is 0.857 bits per heavy atom. The summed E-state index contributed by atoms with van der Waals surface area (Å²) >= 11 is 0. The number of fused-ring (bicyclic) bond motifs is 1. The van der Waals surface area contributed by atoms with Crippen molar-refractivity contribution >= 4 is 22.4 Å². The number of anilines is 1. The summed E-state index contributed by atoms with van der Waals surface area (Å²) in [5, 5.41) is 5.03. The quantitative estimate of drug-likeness (QED) is 0.786. The molecule has 0 heterocycles. The van der Waals surface area contributed by atoms with Gasteiger partial charge in [0.2, 0.25) is 0 Å². The molecule has 0 aliphatic rings. The summed E-state index contributed by atoms with van der Waals surface area (Å²) < 4.78 is 5.54. The molecule has 0 aliphatic carbocycles. The summed E-state index contributed by atoms with van der Waals surface area (Å²) in [5.74, 6) is 0.520. The van der Waals surface area contributed by atoms with Gasteiger partial charge in [-0.05, 0) is 35.0 Å². The largest absolute Gasteiger partial charge is 0.484 e. The van der Waals surface area contributed by atoms with E-state index >= 15 is 0 Å². The molecule has 0 saturated carbocycles. The number of carbonyl (C=O) groups excluding carboxylic acids is 1. The zero-order valence-electron chi connectivity index (χ0n) is 11.5. The Kier molecular flexibility index (Phi) is 3.83. The zero-order chi connectivity index (χ0) is 14.5. The molecule has 21 heavy (non-hydrogen) atoms. The summed E-state index contributed by atoms with van der Waals surface area (Å²) in [6.07, 6.45) is 0. The molecule has 3 aromatic rings. The number of ether oxygens (including phenoxy) is 1. The van der Waals surface area contributed by atoms with Crippen molar-refractivity contribution in [2.75, 3.05) is 11.9 Å². The molecular weight excluding hydrogens is 262 g/mol. The number of amides is 1. The number of para-hydroxylation sites is 1. The van der Waals surface area contributed by atoms with Gasteiger partial charge in [0.25, 0.3) is 5.91 Å². The maximum atomic E-state index is 11.8. The predicted molar refractivity (Wildman–Crippen MR) is 84.5 cm³/mol. The predicted octanol–water partition coefficient (Wildman–Crippen LogP) is 3.86. The minimum atomic E-state index is -0.172. The first kappa shape index (κ1) is 13.2. The lowest BCUT2D eigenvalue weighted by Crippen LogP contribution is -2.20. The summed E-state index contributed by atoms with van der Waals surface area (Å²) in [7, 11) is 0. The second-order valence-corrected chi connectivity index (χ2v) is 4.71. The van der Waals surface area contributed by atoms with Crippen LogP contribution in [0.25, 0.3) is 10.8 Å². The first-order valence-electron chi connectivity index (χ1n) is 6.78. The molecule has 3 aromatic carbocycles. The van der Waals surface area contributed by atoms with Crippen LogP contribution in [0.15, 0.2) is 72.8 Å². The number of hydrogen-bond acceptors (Lipinski definition) is 2. The topological polar surface area (TPSA) is 38.3 Å². The maximum Gasteiger partial charge on any atom is 0.262 e. The van der Waals surface area contributed by atoms with Gasteiger partial charge in [-0.15, -0.1) is 0 Å². The van der Waals surface area contributed by atoms with Crippen LogP contribution in [-0.4, -0.2) is 12.5 Å². The molecule has 0 unspecified atom stereocenters. The van der Waals surface area contributed by atoms with E-state index in [-0.39, 0.29) is 12.5 Å². The van der Waals surface area contributed by atoms with Crippen LogP contribution in [0.1, 0.15) is 0 Å². The van der Waals surface area contributed by atoms with Crippen molar-refractivity contribution in [3.8, 4) is 5.75 Å². The van der Waals surface area contributed by atoms with E-state index in [4.69, 9.17) is 4.74 Å². The molecule has 0 bridgehead atoms. The second kappa shape index (κ2) is 6.09. The van der Waals surface area contributed by atoms with Crippen LogP contribution in [0, 0.1) is 0 Å². The Labute approximate surface area is 123 Å². The van der Waals surface area contributed by atoms with E-state index in [2.05, 4.69) is 5.32 Å². The van der Waals surface area contributed by atoms with Gasteiger partial charge in [-0.25, -0.2) is 0 Å². The van der Waals surface area contributed by atoms with Gasteiger partial charge >= 0.3 is 0 Å². The average Bonchev–Trinajstić information content (AvgIpc) is 2.54. The van der Waals surface area contributed by atoms with Gasteiger partial charge in [-0.1, -0.05) is 48.5 Å². The van der Waals surface area contributed by atoms with Gasteiger partial charge in [0, 0.05) is 5.69 Å². The zero-order valence-corrected chi connectivity index (χ0v) is 11.5. The summed E-state index contributed by atoms with van der Waals surface area (Å²) in [4.78, 5) is 11.8. The Balaban J connectivity index is 1.62. The van der Waals surface area contributed by atoms with Crippen molar-refractivity contribution in [1.82, 2.24) is 0 Å². The van der Waals surface area contributed by atoms with Crippen molar-refractivity contribution in [2.24, 2.45) is 0 Å². The number of benzene rings is 3. The normalized spacial score (nSPS) is 10.3. The van der Waals surface area contributed by atoms with E-state index in [0.29, 0.717) is 5.75 Å². The minimum absolute atomic E-state index is 0.00671. The summed E-state index contributed by atoms with van der Waals surface area (Å²) in [5.41, 5.74) is 0.768. The van der Waals surface area contributed by atoms with Crippen LogP contribution in [0.2, 0.25) is 0 Å². The molecule has 3 heteroatoms. The van der Waals surface area contributed by atoms with Crippen molar-refractivity contribution in [2.45, 2.75) is 0 Å². The minimum Gasteiger partial charge on any atom is -0.484 e. The van der Waals surface area contributed by atoms with E-state index in [1.807, 2.05) is 72.8 Å². The average molecular weight is 277 g/mol. The molecule has 0 aliphatic heterocycles. The number of carbonyl (C=O) groups is 1. The Bertz CT molecular complexity index is 753. The van der Waals surface area contributed by atoms with Crippen LogP contribution in [0.5, 0.6) is 5.75 Å². The molecule has 104 valence electrons. The fraction of sp³-hybridized carbons (Fsp3) is 0.0556. The monoisotopic (exact) mass is 277 g/mol. The van der Waals surface area contributed by atoms with E-state index in [1.54, 1.807) is 0 Å². The van der Waals surface area contributed by atoms with Crippen molar-refractivity contribution < 1.29 is 9.53 Å². The second-order valence-electron chi connectivity index (χ2n) is 4.71. The lowest BCUT2D eigenvalue weighted by Gasteiger charge is -2.08. The third-order valence-electron chi connectivity index (χ3n) is 3.15. The highest BCUT2D eigenvalue weighted by molar-refractivity contribution is 5.92. The van der Waals surface area contributed by atoms with Crippen LogP contribution < -0.4 is 10.1 Å². The van der Waals surface area contributed by atoms with E-state index < -0.39 is 0 Å². The molecule has 3 nitrogen and oxygen atoms in total. The van der Waals surface area contributed by atoms with E-state index in [9.17, 15) is 4.79 Å². The Morgan fingerprint density at radius 2 is 1.57 bits per heavy atom. The molecule has 3 rings (SSSR count). The van der Waals surface area contributed by atoms with Crippen LogP contribution in [-0.2, 0) is 4.79 Å². The molecule has 0 fully saturated rings. The lowest BCUT2D eigenvalue weighted by atomic mass is 10.1. The highest BCUT2D eigenvalue weighted by Gasteiger charge is 2.04. The molecular formula is C18H15NO2. The molecule has 0 saturated heterocycles. The van der Waals surface area contributed by atoms with Crippen molar-refractivity contribution in [3.05, 3.63) is 72.8 Å². The SMILES string of the molecule is O=C(COc1ccc2ccccc2c1)Nc1ccccc1. The molecule has 0 aromatic heterocycles. The Morgan fingerprint density at radius 3 is 2.38 bits per heavy atom. The molecule has 1 N–H and O–H groups in total. The van der Waals surface area contributed by atoms with Gasteiger partial charge in [0.1, 0.15) is 5.75 Å². The lowest BCUT2D eigenvalue weighted by molar-refractivity contribution is -0.118. The maximum absolute atomic E-state index is 11.8. The van der Waals surface area contributed by atoms with Gasteiger partial charge in [-0.3, -0.25) is 4.79 Å². The number of hydrogen-bond donors (Lipinski definition) is 1. The molecule has 1 amide bonds. The summed E-state index contributed by atoms with van der Waals surface area (Å²) in [6.45, 7) is -0.00671. The van der Waals surface area contributed by atoms with Gasteiger partial charge in [-0.2, -0.15) is 0 Å². The van der Waals surface area contributed by atoms with Gasteiger partial charge in [0.05, 0.1) is 0 Å². The highest BCUT2D eigenvalue weighted by Crippen LogP contribution is 2.20. The first-order valence-corrected chi connectivity index (χ1v) is 6.78. The number of nitrogens with one attached hydrogen (secondary N) is 1. The van der Waals surface area contributed by atoms with Gasteiger partial charge < -0.3 is 10.1 Å². The van der Waals surface area contributed by atoms with E-state index in [0.717, 1.165) is 16.5 Å². The van der Waals surface area contributed by atoms with Gasteiger partial charge in [0.15, 0.2) is 6.61 Å². The Hall–Kier alpha value is -2.81. The van der Waals surface area contributed by atoms with Crippen molar-refractivity contribution in [1.29, 1.82) is 0 Å². The fourth-order valence-corrected chi connectivity index (χ4v) is 2.12.